The van der Waals surface area contributed by atoms with Crippen LogP contribution >= 0.6 is 15.9 Å². The molecule has 0 spiro atoms. The quantitative estimate of drug-likeness (QED) is 0.763. The van der Waals surface area contributed by atoms with Gasteiger partial charge in [-0.15, -0.1) is 0 Å². The molecule has 0 saturated heterocycles. The van der Waals surface area contributed by atoms with E-state index in [2.05, 4.69) is 20.9 Å². The van der Waals surface area contributed by atoms with Crippen molar-refractivity contribution < 1.29 is 5.11 Å². The molecule has 3 heteroatoms. The molecule has 0 aromatic carbocycles. The highest BCUT2D eigenvalue weighted by atomic mass is 79.9. The van der Waals surface area contributed by atoms with Gasteiger partial charge < -0.3 is 5.11 Å². The van der Waals surface area contributed by atoms with E-state index >= 15 is 0 Å². The highest BCUT2D eigenvalue weighted by Crippen LogP contribution is 2.12. The highest BCUT2D eigenvalue weighted by molar-refractivity contribution is 9.10. The number of halogens is 1. The van der Waals surface area contributed by atoms with Crippen LogP contribution in [0.5, 0.6) is 0 Å². The highest BCUT2D eigenvalue weighted by Gasteiger charge is 1.97. The van der Waals surface area contributed by atoms with Gasteiger partial charge in [-0.2, -0.15) is 0 Å². The molecule has 1 aromatic heterocycles. The van der Waals surface area contributed by atoms with Crippen LogP contribution < -0.4 is 0 Å². The molecule has 0 bridgehead atoms. The van der Waals surface area contributed by atoms with Gasteiger partial charge in [-0.05, 0) is 46.5 Å². The summed E-state index contributed by atoms with van der Waals surface area (Å²) in [6.45, 7) is 2.20. The largest absolute Gasteiger partial charge is 0.396 e. The van der Waals surface area contributed by atoms with Crippen molar-refractivity contribution in [3.8, 4) is 0 Å². The van der Waals surface area contributed by atoms with E-state index in [1.165, 1.54) is 5.56 Å². The average molecular weight is 216 g/mol. The summed E-state index contributed by atoms with van der Waals surface area (Å²) in [5.74, 6) is 0. The van der Waals surface area contributed by atoms with Crippen molar-refractivity contribution in [3.05, 3.63) is 28.0 Å². The van der Waals surface area contributed by atoms with E-state index in [0.717, 1.165) is 10.2 Å². The van der Waals surface area contributed by atoms with Crippen LogP contribution in [0.4, 0.5) is 0 Å². The van der Waals surface area contributed by atoms with Crippen molar-refractivity contribution >= 4 is 15.9 Å². The second-order valence-corrected chi connectivity index (χ2v) is 3.22. The first-order chi connectivity index (χ1) is 5.24. The third kappa shape index (κ3) is 2.27. The first-order valence-electron chi connectivity index (χ1n) is 3.46. The van der Waals surface area contributed by atoms with Crippen LogP contribution in [0.15, 0.2) is 16.9 Å². The first kappa shape index (κ1) is 8.68. The van der Waals surface area contributed by atoms with E-state index in [9.17, 15) is 0 Å². The van der Waals surface area contributed by atoms with Gasteiger partial charge in [0.25, 0.3) is 0 Å². The van der Waals surface area contributed by atoms with Gasteiger partial charge in [-0.1, -0.05) is 0 Å². The molecule has 0 atom stereocenters. The second-order valence-electron chi connectivity index (χ2n) is 2.41. The molecule has 0 saturated carbocycles. The zero-order valence-corrected chi connectivity index (χ0v) is 7.93. The Hall–Kier alpha value is -0.410. The fourth-order valence-electron chi connectivity index (χ4n) is 0.932. The Bertz CT molecular complexity index is 250. The Kier molecular flexibility index (Phi) is 3.02. The van der Waals surface area contributed by atoms with Crippen molar-refractivity contribution in [1.29, 1.82) is 0 Å². The maximum Gasteiger partial charge on any atom is 0.106 e. The van der Waals surface area contributed by atoms with Gasteiger partial charge in [0.1, 0.15) is 4.60 Å². The summed E-state index contributed by atoms with van der Waals surface area (Å²) >= 11 is 3.27. The van der Waals surface area contributed by atoms with E-state index in [1.807, 2.05) is 13.0 Å². The average Bonchev–Trinajstić information content (AvgIpc) is 1.95. The van der Waals surface area contributed by atoms with Crippen molar-refractivity contribution in [3.63, 3.8) is 0 Å². The van der Waals surface area contributed by atoms with E-state index in [4.69, 9.17) is 5.11 Å². The van der Waals surface area contributed by atoms with Crippen LogP contribution in [-0.4, -0.2) is 16.7 Å². The van der Waals surface area contributed by atoms with Gasteiger partial charge in [-0.3, -0.25) is 0 Å². The Morgan fingerprint density at radius 1 is 1.64 bits per heavy atom. The molecule has 1 heterocycles. The van der Waals surface area contributed by atoms with Gasteiger partial charge >= 0.3 is 0 Å². The molecule has 0 unspecified atom stereocenters. The fourth-order valence-corrected chi connectivity index (χ4v) is 1.38. The molecule has 11 heavy (non-hydrogen) atoms. The summed E-state index contributed by atoms with van der Waals surface area (Å²) in [5.41, 5.74) is 2.27. The minimum absolute atomic E-state index is 0.185. The molecule has 0 fully saturated rings. The molecule has 0 radical (unpaired) electrons. The monoisotopic (exact) mass is 215 g/mol. The van der Waals surface area contributed by atoms with Crippen LogP contribution in [0.1, 0.15) is 11.1 Å². The minimum atomic E-state index is 0.185. The summed E-state index contributed by atoms with van der Waals surface area (Å²) in [4.78, 5) is 4.06. The number of aliphatic hydroxyl groups excluding tert-OH is 1. The lowest BCUT2D eigenvalue weighted by molar-refractivity contribution is 0.299. The maximum atomic E-state index is 8.67. The normalized spacial score (nSPS) is 10.1. The molecule has 0 aliphatic rings. The van der Waals surface area contributed by atoms with Gasteiger partial charge in [0.2, 0.25) is 0 Å². The molecular formula is C8H10BrNO. The fraction of sp³-hybridized carbons (Fsp3) is 0.375. The standard InChI is InChI=1S/C8H10BrNO/c1-6-4-8(9)10-5-7(6)2-3-11/h4-5,11H,2-3H2,1H3. The third-order valence-corrected chi connectivity index (χ3v) is 2.00. The summed E-state index contributed by atoms with van der Waals surface area (Å²) < 4.78 is 0.844. The molecule has 0 aliphatic carbocycles. The molecular weight excluding hydrogens is 206 g/mol. The predicted octanol–water partition coefficient (Wildman–Crippen LogP) is 1.69. The van der Waals surface area contributed by atoms with Gasteiger partial charge in [0.05, 0.1) is 0 Å². The number of pyridine rings is 1. The smallest absolute Gasteiger partial charge is 0.106 e. The lowest BCUT2D eigenvalue weighted by Crippen LogP contribution is -1.95. The van der Waals surface area contributed by atoms with Crippen molar-refractivity contribution in [2.45, 2.75) is 13.3 Å². The van der Waals surface area contributed by atoms with Crippen LogP contribution in [0, 0.1) is 6.92 Å². The molecule has 2 nitrogen and oxygen atoms in total. The Labute approximate surface area is 74.4 Å². The molecule has 0 aliphatic heterocycles. The lowest BCUT2D eigenvalue weighted by atomic mass is 10.1. The predicted molar refractivity (Wildman–Crippen MR) is 47.5 cm³/mol. The number of nitrogens with zero attached hydrogens (tertiary/aromatic N) is 1. The molecule has 60 valence electrons. The zero-order chi connectivity index (χ0) is 8.27. The van der Waals surface area contributed by atoms with Crippen LogP contribution in [0.3, 0.4) is 0 Å². The van der Waals surface area contributed by atoms with Gasteiger partial charge in [0, 0.05) is 12.8 Å². The Morgan fingerprint density at radius 2 is 2.36 bits per heavy atom. The summed E-state index contributed by atoms with van der Waals surface area (Å²) in [7, 11) is 0. The molecule has 0 amide bonds. The zero-order valence-electron chi connectivity index (χ0n) is 6.34. The summed E-state index contributed by atoms with van der Waals surface area (Å²) in [5, 5.41) is 8.67. The molecule has 1 rings (SSSR count). The van der Waals surface area contributed by atoms with E-state index in [-0.39, 0.29) is 6.61 Å². The van der Waals surface area contributed by atoms with E-state index < -0.39 is 0 Å². The van der Waals surface area contributed by atoms with Crippen molar-refractivity contribution in [2.75, 3.05) is 6.61 Å². The first-order valence-corrected chi connectivity index (χ1v) is 4.25. The van der Waals surface area contributed by atoms with Crippen LogP contribution in [-0.2, 0) is 6.42 Å². The number of hydrogen-bond donors (Lipinski definition) is 1. The topological polar surface area (TPSA) is 33.1 Å². The van der Waals surface area contributed by atoms with E-state index in [1.54, 1.807) is 6.20 Å². The minimum Gasteiger partial charge on any atom is -0.396 e. The van der Waals surface area contributed by atoms with Gasteiger partial charge in [-0.25, -0.2) is 4.98 Å². The third-order valence-electron chi connectivity index (χ3n) is 1.57. The number of aryl methyl sites for hydroxylation is 1. The number of hydrogen-bond acceptors (Lipinski definition) is 2. The number of aromatic nitrogens is 1. The number of rotatable bonds is 2. The summed E-state index contributed by atoms with van der Waals surface area (Å²) in [6.07, 6.45) is 2.47. The van der Waals surface area contributed by atoms with Crippen molar-refractivity contribution in [1.82, 2.24) is 4.98 Å². The molecule has 1 aromatic rings. The second kappa shape index (κ2) is 3.83. The maximum absolute atomic E-state index is 8.67. The van der Waals surface area contributed by atoms with Crippen LogP contribution in [0.25, 0.3) is 0 Å². The van der Waals surface area contributed by atoms with E-state index in [0.29, 0.717) is 6.42 Å². The molecule has 1 N–H and O–H groups in total. The lowest BCUT2D eigenvalue weighted by Gasteiger charge is -2.02. The number of aliphatic hydroxyl groups is 1. The SMILES string of the molecule is Cc1cc(Br)ncc1CCO. The Morgan fingerprint density at radius 3 is 2.91 bits per heavy atom. The van der Waals surface area contributed by atoms with Crippen molar-refractivity contribution in [2.24, 2.45) is 0 Å². The summed E-state index contributed by atoms with van der Waals surface area (Å²) in [6, 6.07) is 1.95. The van der Waals surface area contributed by atoms with Crippen LogP contribution in [0.2, 0.25) is 0 Å². The Balaban J connectivity index is 2.90. The van der Waals surface area contributed by atoms with Gasteiger partial charge in [0.15, 0.2) is 0 Å².